The van der Waals surface area contributed by atoms with Crippen LogP contribution < -0.4 is 14.8 Å². The summed E-state index contributed by atoms with van der Waals surface area (Å²) in [6, 6.07) is 12.4. The minimum absolute atomic E-state index is 0.112. The van der Waals surface area contributed by atoms with Gasteiger partial charge in [0.05, 0.1) is 11.4 Å². The van der Waals surface area contributed by atoms with Crippen LogP contribution in [0, 0.1) is 13.8 Å². The molecule has 2 N–H and O–H groups in total. The average Bonchev–Trinajstić information content (AvgIpc) is 2.61. The maximum atomic E-state index is 12.3. The number of hydrogen-bond acceptors (Lipinski definition) is 4. The summed E-state index contributed by atoms with van der Waals surface area (Å²) in [5.41, 5.74) is 1.66. The van der Waals surface area contributed by atoms with Crippen molar-refractivity contribution >= 4 is 15.9 Å². The summed E-state index contributed by atoms with van der Waals surface area (Å²) in [6.45, 7) is 4.13. The van der Waals surface area contributed by atoms with E-state index in [-0.39, 0.29) is 10.8 Å². The molecule has 134 valence electrons. The van der Waals surface area contributed by atoms with Crippen LogP contribution in [0.15, 0.2) is 47.4 Å². The lowest BCUT2D eigenvalue weighted by Crippen LogP contribution is -2.29. The topological polar surface area (TPSA) is 84.5 Å². The summed E-state index contributed by atoms with van der Waals surface area (Å²) in [6.07, 6.45) is 0. The first-order valence-corrected chi connectivity index (χ1v) is 9.34. The van der Waals surface area contributed by atoms with Gasteiger partial charge in [0.15, 0.2) is 0 Å². The zero-order chi connectivity index (χ0) is 18.4. The van der Waals surface area contributed by atoms with Gasteiger partial charge in [0, 0.05) is 5.56 Å². The number of ether oxygens (including phenoxy) is 1. The van der Waals surface area contributed by atoms with Gasteiger partial charge >= 0.3 is 0 Å². The molecule has 0 unspecified atom stereocenters. The van der Waals surface area contributed by atoms with Gasteiger partial charge in [-0.25, -0.2) is 13.1 Å². The van der Waals surface area contributed by atoms with Crippen LogP contribution in [0.25, 0.3) is 0 Å². The monoisotopic (exact) mass is 362 g/mol. The fourth-order valence-electron chi connectivity index (χ4n) is 2.30. The highest BCUT2D eigenvalue weighted by molar-refractivity contribution is 7.89. The SMILES string of the molecule is CNS(=O)(=O)c1cc(C(=O)NCCOc2ccccc2)cc(C)c1C. The van der Waals surface area contributed by atoms with Crippen LogP contribution in [0.3, 0.4) is 0 Å². The molecule has 0 fully saturated rings. The third kappa shape index (κ3) is 4.80. The fourth-order valence-corrected chi connectivity index (χ4v) is 3.37. The highest BCUT2D eigenvalue weighted by Crippen LogP contribution is 2.21. The largest absolute Gasteiger partial charge is 0.492 e. The summed E-state index contributed by atoms with van der Waals surface area (Å²) >= 11 is 0. The van der Waals surface area contributed by atoms with E-state index in [1.54, 1.807) is 19.9 Å². The quantitative estimate of drug-likeness (QED) is 0.738. The van der Waals surface area contributed by atoms with E-state index in [9.17, 15) is 13.2 Å². The lowest BCUT2D eigenvalue weighted by Gasteiger charge is -2.13. The normalized spacial score (nSPS) is 11.2. The molecule has 6 nitrogen and oxygen atoms in total. The second-order valence-corrected chi connectivity index (χ2v) is 7.40. The van der Waals surface area contributed by atoms with E-state index in [0.29, 0.717) is 24.3 Å². The lowest BCUT2D eigenvalue weighted by atomic mass is 10.1. The van der Waals surface area contributed by atoms with Crippen molar-refractivity contribution in [2.24, 2.45) is 0 Å². The Bertz CT molecular complexity index is 849. The zero-order valence-corrected chi connectivity index (χ0v) is 15.3. The van der Waals surface area contributed by atoms with Crippen LogP contribution in [0.5, 0.6) is 5.75 Å². The second-order valence-electron chi connectivity index (χ2n) is 5.54. The van der Waals surface area contributed by atoms with E-state index in [1.807, 2.05) is 30.3 Å². The molecule has 25 heavy (non-hydrogen) atoms. The van der Waals surface area contributed by atoms with Gasteiger partial charge in [-0.1, -0.05) is 18.2 Å². The van der Waals surface area contributed by atoms with Gasteiger partial charge in [0.1, 0.15) is 12.4 Å². The molecule has 0 aliphatic heterocycles. The molecule has 0 atom stereocenters. The van der Waals surface area contributed by atoms with E-state index in [0.717, 1.165) is 11.3 Å². The number of benzene rings is 2. The first kappa shape index (κ1) is 19.0. The van der Waals surface area contributed by atoms with Crippen LogP contribution >= 0.6 is 0 Å². The molecular formula is C18H22N2O4S. The number of carbonyl (C=O) groups is 1. The predicted molar refractivity (Wildman–Crippen MR) is 96.4 cm³/mol. The van der Waals surface area contributed by atoms with E-state index in [1.165, 1.54) is 13.1 Å². The third-order valence-electron chi connectivity index (χ3n) is 3.84. The Morgan fingerprint density at radius 2 is 1.80 bits per heavy atom. The highest BCUT2D eigenvalue weighted by atomic mass is 32.2. The van der Waals surface area contributed by atoms with Crippen molar-refractivity contribution in [3.8, 4) is 5.75 Å². The van der Waals surface area contributed by atoms with Crippen molar-refractivity contribution in [3.63, 3.8) is 0 Å². The standard InChI is InChI=1S/C18H22N2O4S/c1-13-11-15(12-17(14(13)2)25(22,23)19-3)18(21)20-9-10-24-16-7-5-4-6-8-16/h4-8,11-12,19H,9-10H2,1-3H3,(H,20,21). The molecule has 0 heterocycles. The van der Waals surface area contributed by atoms with Gasteiger partial charge in [0.25, 0.3) is 5.91 Å². The Kier molecular flexibility index (Phi) is 6.17. The second kappa shape index (κ2) is 8.13. The first-order valence-electron chi connectivity index (χ1n) is 7.86. The molecule has 2 rings (SSSR count). The molecule has 0 bridgehead atoms. The summed E-state index contributed by atoms with van der Waals surface area (Å²) in [7, 11) is -2.28. The van der Waals surface area contributed by atoms with Gasteiger partial charge in [0.2, 0.25) is 10.0 Å². The molecule has 7 heteroatoms. The van der Waals surface area contributed by atoms with E-state index >= 15 is 0 Å². The van der Waals surface area contributed by atoms with Crippen molar-refractivity contribution in [3.05, 3.63) is 59.2 Å². The Hall–Kier alpha value is -2.38. The Labute approximate surface area is 148 Å². The molecule has 1 amide bonds. The molecule has 0 saturated carbocycles. The fraction of sp³-hybridized carbons (Fsp3) is 0.278. The van der Waals surface area contributed by atoms with Gasteiger partial charge < -0.3 is 10.1 Å². The van der Waals surface area contributed by atoms with Crippen LogP contribution in [-0.4, -0.2) is 34.5 Å². The number of hydrogen-bond donors (Lipinski definition) is 2. The van der Waals surface area contributed by atoms with Gasteiger partial charge in [-0.15, -0.1) is 0 Å². The summed E-state index contributed by atoms with van der Waals surface area (Å²) in [5, 5.41) is 2.73. The summed E-state index contributed by atoms with van der Waals surface area (Å²) < 4.78 is 32.0. The zero-order valence-electron chi connectivity index (χ0n) is 14.5. The number of rotatable bonds is 7. The Morgan fingerprint density at radius 3 is 2.44 bits per heavy atom. The van der Waals surface area contributed by atoms with Crippen LogP contribution in [0.4, 0.5) is 0 Å². The Morgan fingerprint density at radius 1 is 1.12 bits per heavy atom. The van der Waals surface area contributed by atoms with Crippen molar-refractivity contribution in [1.82, 2.24) is 10.0 Å². The minimum Gasteiger partial charge on any atom is -0.492 e. The van der Waals surface area contributed by atoms with Crippen LogP contribution in [0.2, 0.25) is 0 Å². The van der Waals surface area contributed by atoms with Gasteiger partial charge in [-0.05, 0) is 56.3 Å². The lowest BCUT2D eigenvalue weighted by molar-refractivity contribution is 0.0946. The number of para-hydroxylation sites is 1. The molecule has 2 aromatic rings. The maximum Gasteiger partial charge on any atom is 0.251 e. The maximum absolute atomic E-state index is 12.3. The average molecular weight is 362 g/mol. The van der Waals surface area contributed by atoms with Crippen LogP contribution in [0.1, 0.15) is 21.5 Å². The Balaban J connectivity index is 2.04. The molecule has 0 aromatic heterocycles. The van der Waals surface area contributed by atoms with Crippen molar-refractivity contribution in [2.75, 3.05) is 20.2 Å². The molecule has 0 aliphatic rings. The summed E-state index contributed by atoms with van der Waals surface area (Å²) in [4.78, 5) is 12.4. The smallest absolute Gasteiger partial charge is 0.251 e. The number of nitrogens with one attached hydrogen (secondary N) is 2. The number of sulfonamides is 1. The summed E-state index contributed by atoms with van der Waals surface area (Å²) in [5.74, 6) is 0.387. The van der Waals surface area contributed by atoms with Crippen molar-refractivity contribution in [2.45, 2.75) is 18.7 Å². The van der Waals surface area contributed by atoms with Crippen molar-refractivity contribution in [1.29, 1.82) is 0 Å². The first-order chi connectivity index (χ1) is 11.8. The van der Waals surface area contributed by atoms with Crippen molar-refractivity contribution < 1.29 is 17.9 Å². The molecule has 0 radical (unpaired) electrons. The van der Waals surface area contributed by atoms with Crippen LogP contribution in [-0.2, 0) is 10.0 Å². The molecule has 0 aliphatic carbocycles. The van der Waals surface area contributed by atoms with E-state index < -0.39 is 10.0 Å². The van der Waals surface area contributed by atoms with E-state index in [4.69, 9.17) is 4.74 Å². The number of carbonyl (C=O) groups excluding carboxylic acids is 1. The van der Waals surface area contributed by atoms with Gasteiger partial charge in [-0.2, -0.15) is 0 Å². The molecule has 2 aromatic carbocycles. The highest BCUT2D eigenvalue weighted by Gasteiger charge is 2.19. The third-order valence-corrected chi connectivity index (χ3v) is 5.38. The minimum atomic E-state index is -3.62. The molecule has 0 spiro atoms. The predicted octanol–water partition coefficient (Wildman–Crippen LogP) is 2.02. The number of amides is 1. The van der Waals surface area contributed by atoms with E-state index in [2.05, 4.69) is 10.0 Å². The molecule has 0 saturated heterocycles. The number of aryl methyl sites for hydroxylation is 1. The molecular weight excluding hydrogens is 340 g/mol. The van der Waals surface area contributed by atoms with Gasteiger partial charge in [-0.3, -0.25) is 4.79 Å².